The van der Waals surface area contributed by atoms with E-state index in [1.165, 1.54) is 0 Å². The smallest absolute Gasteiger partial charge is 0.407 e. The van der Waals surface area contributed by atoms with Crippen molar-refractivity contribution >= 4 is 17.7 Å². The summed E-state index contributed by atoms with van der Waals surface area (Å²) in [6, 6.07) is 2.73. The predicted molar refractivity (Wildman–Crippen MR) is 92.3 cm³/mol. The van der Waals surface area contributed by atoms with Gasteiger partial charge >= 0.3 is 6.09 Å². The van der Waals surface area contributed by atoms with E-state index in [1.807, 2.05) is 0 Å². The molecule has 0 spiro atoms. The molecule has 0 fully saturated rings. The quantitative estimate of drug-likeness (QED) is 0.834. The minimum absolute atomic E-state index is 0.102. The van der Waals surface area contributed by atoms with Gasteiger partial charge in [0.2, 0.25) is 5.91 Å². The number of aryl methyl sites for hydroxylation is 1. The van der Waals surface area contributed by atoms with Gasteiger partial charge in [0.25, 0.3) is 0 Å². The van der Waals surface area contributed by atoms with E-state index in [0.717, 1.165) is 6.07 Å². The summed E-state index contributed by atoms with van der Waals surface area (Å²) >= 11 is 0. The first-order valence-electron chi connectivity index (χ1n) is 8.18. The molecule has 1 aromatic rings. The van der Waals surface area contributed by atoms with Crippen LogP contribution in [0.4, 0.5) is 19.3 Å². The van der Waals surface area contributed by atoms with Gasteiger partial charge in [0.05, 0.1) is 12.0 Å². The summed E-state index contributed by atoms with van der Waals surface area (Å²) in [5.41, 5.74) is 0.275. The van der Waals surface area contributed by atoms with Crippen LogP contribution in [0.2, 0.25) is 0 Å². The van der Waals surface area contributed by atoms with Gasteiger partial charge in [-0.3, -0.25) is 4.79 Å². The van der Waals surface area contributed by atoms with Crippen LogP contribution in [0.3, 0.4) is 0 Å². The summed E-state index contributed by atoms with van der Waals surface area (Å²) in [6.07, 6.45) is 0.325. The van der Waals surface area contributed by atoms with Crippen LogP contribution < -0.4 is 15.4 Å². The Balaban J connectivity index is 1.92. The molecule has 6 nitrogen and oxygen atoms in total. The molecule has 1 aliphatic rings. The first-order valence-corrected chi connectivity index (χ1v) is 8.18. The van der Waals surface area contributed by atoms with Crippen molar-refractivity contribution in [2.45, 2.75) is 39.2 Å². The van der Waals surface area contributed by atoms with E-state index in [2.05, 4.69) is 10.6 Å². The molecule has 142 valence electrons. The lowest BCUT2D eigenvalue weighted by atomic mass is 10.0. The molecule has 0 unspecified atom stereocenters. The first-order chi connectivity index (χ1) is 12.2. The summed E-state index contributed by atoms with van der Waals surface area (Å²) < 4.78 is 37.5. The number of carbonyl (C=O) groups excluding carboxylic acids is 2. The van der Waals surface area contributed by atoms with Crippen molar-refractivity contribution in [3.63, 3.8) is 0 Å². The maximum absolute atomic E-state index is 14.1. The average Bonchev–Trinajstić information content (AvgIpc) is 2.54. The molecule has 1 aliphatic heterocycles. The highest BCUT2D eigenvalue weighted by atomic mass is 19.1. The van der Waals surface area contributed by atoms with E-state index < -0.39 is 17.5 Å². The van der Waals surface area contributed by atoms with Gasteiger partial charge in [0.1, 0.15) is 18.0 Å². The van der Waals surface area contributed by atoms with E-state index in [4.69, 9.17) is 9.47 Å². The second-order valence-electron chi connectivity index (χ2n) is 6.90. The Hall–Kier alpha value is -2.64. The summed E-state index contributed by atoms with van der Waals surface area (Å²) in [6.45, 7) is 4.88. The van der Waals surface area contributed by atoms with Crippen LogP contribution in [0.25, 0.3) is 0 Å². The van der Waals surface area contributed by atoms with Crippen molar-refractivity contribution in [3.05, 3.63) is 35.4 Å². The molecule has 0 saturated heterocycles. The average molecular weight is 368 g/mol. The number of rotatable bonds is 5. The number of hydrogen-bond donors (Lipinski definition) is 2. The van der Waals surface area contributed by atoms with Crippen LogP contribution in [0, 0.1) is 5.82 Å². The third-order valence-electron chi connectivity index (χ3n) is 3.47. The molecular formula is C18H22F2N2O4. The highest BCUT2D eigenvalue weighted by Gasteiger charge is 2.20. The lowest BCUT2D eigenvalue weighted by Crippen LogP contribution is -2.34. The van der Waals surface area contributed by atoms with E-state index in [9.17, 15) is 18.4 Å². The largest absolute Gasteiger partial charge is 0.489 e. The number of ether oxygens (including phenoxy) is 2. The summed E-state index contributed by atoms with van der Waals surface area (Å²) in [4.78, 5) is 22.9. The molecule has 1 heterocycles. The highest BCUT2D eigenvalue weighted by molar-refractivity contribution is 5.94. The Bertz CT molecular complexity index is 727. The van der Waals surface area contributed by atoms with Gasteiger partial charge in [0, 0.05) is 24.6 Å². The summed E-state index contributed by atoms with van der Waals surface area (Å²) in [5, 5.41) is 4.90. The van der Waals surface area contributed by atoms with Gasteiger partial charge in [-0.1, -0.05) is 0 Å². The van der Waals surface area contributed by atoms with Crippen LogP contribution in [0.15, 0.2) is 24.0 Å². The van der Waals surface area contributed by atoms with Crippen LogP contribution in [-0.4, -0.2) is 30.8 Å². The Kier molecular flexibility index (Phi) is 6.18. The Morgan fingerprint density at radius 3 is 2.73 bits per heavy atom. The number of alkyl carbamates (subject to hydrolysis) is 1. The van der Waals surface area contributed by atoms with Crippen LogP contribution in [-0.2, 0) is 16.0 Å². The lowest BCUT2D eigenvalue weighted by Gasteiger charge is -2.20. The number of carbonyl (C=O) groups is 2. The second-order valence-corrected chi connectivity index (χ2v) is 6.90. The van der Waals surface area contributed by atoms with Gasteiger partial charge in [-0.25, -0.2) is 13.6 Å². The van der Waals surface area contributed by atoms with Gasteiger partial charge in [-0.05, 0) is 38.8 Å². The number of benzene rings is 1. The Morgan fingerprint density at radius 2 is 2.08 bits per heavy atom. The normalized spacial score (nSPS) is 14.3. The minimum Gasteiger partial charge on any atom is -0.489 e. The van der Waals surface area contributed by atoms with Crippen LogP contribution >= 0.6 is 0 Å². The van der Waals surface area contributed by atoms with Crippen molar-refractivity contribution in [3.8, 4) is 5.75 Å². The molecule has 0 aromatic heterocycles. The van der Waals surface area contributed by atoms with Crippen LogP contribution in [0.1, 0.15) is 32.8 Å². The molecule has 26 heavy (non-hydrogen) atoms. The molecule has 0 aliphatic carbocycles. The number of nitrogens with one attached hydrogen (secondary N) is 2. The monoisotopic (exact) mass is 368 g/mol. The zero-order valence-corrected chi connectivity index (χ0v) is 14.9. The predicted octanol–water partition coefficient (Wildman–Crippen LogP) is 3.47. The van der Waals surface area contributed by atoms with Gasteiger partial charge in [-0.15, -0.1) is 0 Å². The van der Waals surface area contributed by atoms with Crippen molar-refractivity contribution in [2.75, 3.05) is 18.5 Å². The number of amides is 2. The van der Waals surface area contributed by atoms with Gasteiger partial charge in [-0.2, -0.15) is 0 Å². The summed E-state index contributed by atoms with van der Waals surface area (Å²) in [7, 11) is 0. The molecule has 1 aromatic carbocycles. The third-order valence-corrected chi connectivity index (χ3v) is 3.47. The van der Waals surface area contributed by atoms with E-state index in [0.29, 0.717) is 18.3 Å². The first kappa shape index (κ1) is 19.7. The van der Waals surface area contributed by atoms with Gasteiger partial charge in [0.15, 0.2) is 5.82 Å². The van der Waals surface area contributed by atoms with Crippen LogP contribution in [0.5, 0.6) is 5.75 Å². The maximum Gasteiger partial charge on any atom is 0.407 e. The minimum atomic E-state index is -0.674. The molecule has 8 heteroatoms. The Morgan fingerprint density at radius 1 is 1.35 bits per heavy atom. The highest BCUT2D eigenvalue weighted by Crippen LogP contribution is 2.30. The zero-order valence-electron chi connectivity index (χ0n) is 14.9. The van der Waals surface area contributed by atoms with Crippen molar-refractivity contribution in [1.82, 2.24) is 5.32 Å². The van der Waals surface area contributed by atoms with E-state index in [-0.39, 0.29) is 42.5 Å². The molecule has 0 radical (unpaired) electrons. The van der Waals surface area contributed by atoms with Gasteiger partial charge < -0.3 is 20.1 Å². The molecule has 2 rings (SSSR count). The number of fused-ring (bicyclic) bond motifs is 1. The number of anilines is 1. The standard InChI is InChI=1S/C18H22F2N2O4/c1-18(2,3)26-17(24)21-9-11(8-19)10-25-13-6-12-4-5-15(23)22-16(12)14(20)7-13/h6-8H,4-5,9-10H2,1-3H3,(H,21,24)(H,22,23)/b11-8+. The molecule has 0 saturated carbocycles. The summed E-state index contributed by atoms with van der Waals surface area (Å²) in [5.74, 6) is -0.627. The molecular weight excluding hydrogens is 346 g/mol. The third kappa shape index (κ3) is 5.72. The fraction of sp³-hybridized carbons (Fsp3) is 0.444. The SMILES string of the molecule is CC(C)(C)OC(=O)NC/C(=C\F)COc1cc(F)c2c(c1)CCC(=O)N2. The lowest BCUT2D eigenvalue weighted by molar-refractivity contribution is -0.116. The van der Waals surface area contributed by atoms with E-state index >= 15 is 0 Å². The second kappa shape index (κ2) is 8.16. The fourth-order valence-corrected chi connectivity index (χ4v) is 2.30. The molecule has 0 bridgehead atoms. The van der Waals surface area contributed by atoms with E-state index in [1.54, 1.807) is 26.8 Å². The maximum atomic E-state index is 14.1. The molecule has 2 amide bonds. The fourth-order valence-electron chi connectivity index (χ4n) is 2.30. The van der Waals surface area contributed by atoms with Crippen molar-refractivity contribution < 1.29 is 27.8 Å². The Labute approximate surface area is 150 Å². The topological polar surface area (TPSA) is 76.7 Å². The van der Waals surface area contributed by atoms with Crippen molar-refractivity contribution in [2.24, 2.45) is 0 Å². The number of hydrogen-bond acceptors (Lipinski definition) is 4. The molecule has 2 N–H and O–H groups in total. The zero-order chi connectivity index (χ0) is 19.3. The number of halogens is 2. The molecule has 0 atom stereocenters. The van der Waals surface area contributed by atoms with Crippen molar-refractivity contribution in [1.29, 1.82) is 0 Å².